The van der Waals surface area contributed by atoms with Crippen LogP contribution in [0.25, 0.3) is 10.9 Å². The molecule has 2 amide bonds. The van der Waals surface area contributed by atoms with E-state index in [-0.39, 0.29) is 24.8 Å². The van der Waals surface area contributed by atoms with Crippen molar-refractivity contribution in [2.75, 3.05) is 11.9 Å². The van der Waals surface area contributed by atoms with Gasteiger partial charge in [-0.2, -0.15) is 0 Å². The number of aromatic nitrogens is 1. The van der Waals surface area contributed by atoms with Crippen molar-refractivity contribution in [2.45, 2.75) is 20.3 Å². The second-order valence-corrected chi connectivity index (χ2v) is 7.11. The molecule has 1 aromatic heterocycles. The van der Waals surface area contributed by atoms with Gasteiger partial charge in [-0.05, 0) is 61.9 Å². The molecule has 0 bridgehead atoms. The summed E-state index contributed by atoms with van der Waals surface area (Å²) in [4.78, 5) is 27.6. The van der Waals surface area contributed by atoms with Crippen LogP contribution in [0.2, 0.25) is 0 Å². The minimum atomic E-state index is -0.179. The molecule has 26 heavy (non-hydrogen) atoms. The Morgan fingerprint density at radius 3 is 2.54 bits per heavy atom. The van der Waals surface area contributed by atoms with E-state index in [9.17, 15) is 9.59 Å². The zero-order chi connectivity index (χ0) is 18.7. The third kappa shape index (κ3) is 4.14. The molecule has 3 aromatic rings. The maximum atomic E-state index is 12.3. The largest absolute Gasteiger partial charge is 0.358 e. The van der Waals surface area contributed by atoms with E-state index in [2.05, 4.69) is 31.5 Å². The molecule has 3 rings (SSSR count). The number of nitrogens with one attached hydrogen (secondary N) is 3. The van der Waals surface area contributed by atoms with Crippen LogP contribution >= 0.6 is 15.9 Å². The van der Waals surface area contributed by atoms with Gasteiger partial charge in [-0.25, -0.2) is 0 Å². The highest BCUT2D eigenvalue weighted by Gasteiger charge is 2.10. The molecule has 0 aliphatic carbocycles. The number of rotatable bonds is 5. The van der Waals surface area contributed by atoms with Crippen LogP contribution < -0.4 is 10.6 Å². The van der Waals surface area contributed by atoms with Crippen molar-refractivity contribution in [3.05, 3.63) is 63.8 Å². The minimum absolute atomic E-state index is 0.139. The fourth-order valence-electron chi connectivity index (χ4n) is 2.75. The fraction of sp³-hybridized carbons (Fsp3) is 0.200. The molecule has 2 aromatic carbocycles. The van der Waals surface area contributed by atoms with Crippen molar-refractivity contribution < 1.29 is 9.59 Å². The lowest BCUT2D eigenvalue weighted by Crippen LogP contribution is -2.27. The predicted octanol–water partition coefficient (Wildman–Crippen LogP) is 4.31. The first kappa shape index (κ1) is 18.2. The van der Waals surface area contributed by atoms with Gasteiger partial charge >= 0.3 is 0 Å². The quantitative estimate of drug-likeness (QED) is 0.582. The van der Waals surface area contributed by atoms with Gasteiger partial charge in [-0.15, -0.1) is 0 Å². The molecule has 0 aliphatic heterocycles. The predicted molar refractivity (Wildman–Crippen MR) is 107 cm³/mol. The Morgan fingerprint density at radius 2 is 1.81 bits per heavy atom. The van der Waals surface area contributed by atoms with E-state index >= 15 is 0 Å². The van der Waals surface area contributed by atoms with Crippen LogP contribution in [0.1, 0.15) is 28.0 Å². The molecule has 0 spiro atoms. The van der Waals surface area contributed by atoms with Gasteiger partial charge < -0.3 is 15.6 Å². The Hall–Kier alpha value is -2.60. The van der Waals surface area contributed by atoms with Crippen molar-refractivity contribution >= 4 is 44.3 Å². The molecule has 0 aliphatic rings. The number of amides is 2. The van der Waals surface area contributed by atoms with Crippen LogP contribution in [0.3, 0.4) is 0 Å². The third-order valence-electron chi connectivity index (χ3n) is 4.34. The minimum Gasteiger partial charge on any atom is -0.358 e. The summed E-state index contributed by atoms with van der Waals surface area (Å²) in [6, 6.07) is 12.9. The van der Waals surface area contributed by atoms with Crippen LogP contribution in [0.5, 0.6) is 0 Å². The first-order valence-electron chi connectivity index (χ1n) is 8.36. The number of benzene rings is 2. The molecule has 0 atom stereocenters. The molecule has 0 radical (unpaired) electrons. The Kier molecular flexibility index (Phi) is 5.42. The van der Waals surface area contributed by atoms with Gasteiger partial charge in [0.05, 0.1) is 0 Å². The summed E-state index contributed by atoms with van der Waals surface area (Å²) in [5.41, 5.74) is 4.58. The van der Waals surface area contributed by atoms with Gasteiger partial charge in [0.15, 0.2) is 0 Å². The lowest BCUT2D eigenvalue weighted by Gasteiger charge is -2.07. The smallest absolute Gasteiger partial charge is 0.251 e. The van der Waals surface area contributed by atoms with Crippen LogP contribution in [0.15, 0.2) is 46.9 Å². The third-order valence-corrected chi connectivity index (χ3v) is 4.86. The molecule has 3 N–H and O–H groups in total. The summed E-state index contributed by atoms with van der Waals surface area (Å²) in [7, 11) is 0. The highest BCUT2D eigenvalue weighted by atomic mass is 79.9. The van der Waals surface area contributed by atoms with E-state index in [4.69, 9.17) is 0 Å². The summed E-state index contributed by atoms with van der Waals surface area (Å²) in [6.07, 6.45) is 0.215. The van der Waals surface area contributed by atoms with E-state index in [1.807, 2.05) is 50.2 Å². The van der Waals surface area contributed by atoms with Crippen LogP contribution in [0, 0.1) is 13.8 Å². The van der Waals surface area contributed by atoms with Gasteiger partial charge in [-0.1, -0.05) is 15.9 Å². The maximum absolute atomic E-state index is 12.3. The van der Waals surface area contributed by atoms with E-state index < -0.39 is 0 Å². The van der Waals surface area contributed by atoms with Crippen LogP contribution in [0.4, 0.5) is 5.69 Å². The van der Waals surface area contributed by atoms with Crippen molar-refractivity contribution in [1.82, 2.24) is 10.3 Å². The van der Waals surface area contributed by atoms with E-state index in [0.717, 1.165) is 32.3 Å². The normalized spacial score (nSPS) is 10.7. The van der Waals surface area contributed by atoms with Crippen LogP contribution in [-0.4, -0.2) is 23.3 Å². The highest BCUT2D eigenvalue weighted by molar-refractivity contribution is 9.10. The Labute approximate surface area is 160 Å². The standard InChI is InChI=1S/C20H20BrN3O2/c1-12-13(2)23-18-8-3-14(11-17(12)18)20(26)22-10-9-19(25)24-16-6-4-15(21)5-7-16/h3-8,11,23H,9-10H2,1-2H3,(H,22,26)(H,24,25). The number of hydrogen-bond donors (Lipinski definition) is 3. The molecular formula is C20H20BrN3O2. The van der Waals surface area contributed by atoms with Gasteiger partial charge in [-0.3, -0.25) is 9.59 Å². The summed E-state index contributed by atoms with van der Waals surface area (Å²) in [6.45, 7) is 4.33. The molecule has 0 saturated carbocycles. The second kappa shape index (κ2) is 7.74. The maximum Gasteiger partial charge on any atom is 0.251 e. The molecule has 6 heteroatoms. The highest BCUT2D eigenvalue weighted by Crippen LogP contribution is 2.22. The lowest BCUT2D eigenvalue weighted by molar-refractivity contribution is -0.116. The number of aromatic amines is 1. The van der Waals surface area contributed by atoms with Gasteiger partial charge in [0.2, 0.25) is 5.91 Å². The number of carbonyl (C=O) groups excluding carboxylic acids is 2. The van der Waals surface area contributed by atoms with E-state index in [1.54, 1.807) is 6.07 Å². The number of carbonyl (C=O) groups is 2. The van der Waals surface area contributed by atoms with E-state index in [1.165, 1.54) is 0 Å². The van der Waals surface area contributed by atoms with Crippen LogP contribution in [-0.2, 0) is 4.79 Å². The molecule has 134 valence electrons. The molecular weight excluding hydrogens is 394 g/mol. The number of hydrogen-bond acceptors (Lipinski definition) is 2. The Morgan fingerprint density at radius 1 is 1.08 bits per heavy atom. The zero-order valence-corrected chi connectivity index (χ0v) is 16.2. The average molecular weight is 414 g/mol. The first-order valence-corrected chi connectivity index (χ1v) is 9.16. The monoisotopic (exact) mass is 413 g/mol. The Bertz CT molecular complexity index is 961. The number of H-pyrrole nitrogens is 1. The van der Waals surface area contributed by atoms with Crippen molar-refractivity contribution in [3.8, 4) is 0 Å². The Balaban J connectivity index is 1.54. The molecule has 0 saturated heterocycles. The summed E-state index contributed by atoms with van der Waals surface area (Å²) < 4.78 is 0.951. The SMILES string of the molecule is Cc1[nH]c2ccc(C(=O)NCCC(=O)Nc3ccc(Br)cc3)cc2c1C. The number of halogens is 1. The number of fused-ring (bicyclic) bond motifs is 1. The van der Waals surface area contributed by atoms with Gasteiger partial charge in [0.25, 0.3) is 5.91 Å². The van der Waals surface area contributed by atoms with Crippen molar-refractivity contribution in [2.24, 2.45) is 0 Å². The molecule has 5 nitrogen and oxygen atoms in total. The van der Waals surface area contributed by atoms with Crippen molar-refractivity contribution in [1.29, 1.82) is 0 Å². The second-order valence-electron chi connectivity index (χ2n) is 6.20. The molecule has 0 unspecified atom stereocenters. The number of aryl methyl sites for hydroxylation is 2. The fourth-order valence-corrected chi connectivity index (χ4v) is 3.02. The molecule has 1 heterocycles. The van der Waals surface area contributed by atoms with Crippen molar-refractivity contribution in [3.63, 3.8) is 0 Å². The van der Waals surface area contributed by atoms with Gasteiger partial charge in [0, 0.05) is 45.3 Å². The zero-order valence-electron chi connectivity index (χ0n) is 14.7. The van der Waals surface area contributed by atoms with Gasteiger partial charge in [0.1, 0.15) is 0 Å². The molecule has 0 fully saturated rings. The lowest BCUT2D eigenvalue weighted by atomic mass is 10.1. The summed E-state index contributed by atoms with van der Waals surface area (Å²) >= 11 is 3.35. The summed E-state index contributed by atoms with van der Waals surface area (Å²) in [5.74, 6) is -0.318. The summed E-state index contributed by atoms with van der Waals surface area (Å²) in [5, 5.41) is 6.64. The topological polar surface area (TPSA) is 74.0 Å². The van der Waals surface area contributed by atoms with E-state index in [0.29, 0.717) is 5.56 Å². The first-order chi connectivity index (χ1) is 12.4. The number of anilines is 1. The average Bonchev–Trinajstić information content (AvgIpc) is 2.91.